The molecule has 160 valence electrons. The number of halogens is 3. The number of methoxy groups -OCH3 is 1. The summed E-state index contributed by atoms with van der Waals surface area (Å²) in [6, 6.07) is 11.7. The van der Waals surface area contributed by atoms with Crippen LogP contribution in [0, 0.1) is 0 Å². The Labute approximate surface area is 179 Å². The van der Waals surface area contributed by atoms with Gasteiger partial charge in [0.1, 0.15) is 5.75 Å². The topological polar surface area (TPSA) is 68.5 Å². The smallest absolute Gasteiger partial charge is 0.416 e. The first-order chi connectivity index (χ1) is 14.8. The van der Waals surface area contributed by atoms with E-state index in [1.165, 1.54) is 23.5 Å². The standard InChI is InChI=1S/C21H17F3N4O2S/c1-30-17-7-5-13(6-8-17)18-26-20-28(27-18)16(12-31-20)9-10-25-19(29)14-3-2-4-15(11-14)21(22,23)24/h2-8,11-12H,9-10H2,1H3,(H,25,29). The number of aromatic nitrogens is 3. The summed E-state index contributed by atoms with van der Waals surface area (Å²) >= 11 is 1.42. The van der Waals surface area contributed by atoms with Crippen LogP contribution < -0.4 is 10.1 Å². The predicted octanol–water partition coefficient (Wildman–Crippen LogP) is 4.46. The molecule has 0 saturated heterocycles. The number of amides is 1. The molecule has 0 radical (unpaired) electrons. The number of hydrogen-bond acceptors (Lipinski definition) is 5. The van der Waals surface area contributed by atoms with Crippen molar-refractivity contribution >= 4 is 22.2 Å². The second-order valence-electron chi connectivity index (χ2n) is 6.67. The number of fused-ring (bicyclic) bond motifs is 1. The van der Waals surface area contributed by atoms with E-state index in [1.54, 1.807) is 11.6 Å². The van der Waals surface area contributed by atoms with E-state index in [9.17, 15) is 18.0 Å². The van der Waals surface area contributed by atoms with Crippen molar-refractivity contribution in [1.29, 1.82) is 0 Å². The highest BCUT2D eigenvalue weighted by molar-refractivity contribution is 7.15. The molecule has 31 heavy (non-hydrogen) atoms. The van der Waals surface area contributed by atoms with Gasteiger partial charge in [0.05, 0.1) is 18.4 Å². The summed E-state index contributed by atoms with van der Waals surface area (Å²) in [6.07, 6.45) is -4.04. The van der Waals surface area contributed by atoms with E-state index < -0.39 is 17.6 Å². The van der Waals surface area contributed by atoms with Crippen LogP contribution in [0.1, 0.15) is 21.6 Å². The fourth-order valence-electron chi connectivity index (χ4n) is 3.00. The molecule has 0 aliphatic rings. The van der Waals surface area contributed by atoms with Gasteiger partial charge in [0.15, 0.2) is 5.82 Å². The van der Waals surface area contributed by atoms with E-state index in [0.717, 1.165) is 29.1 Å². The van der Waals surface area contributed by atoms with Crippen LogP contribution in [0.5, 0.6) is 5.75 Å². The molecular formula is C21H17F3N4O2S. The zero-order valence-corrected chi connectivity index (χ0v) is 17.1. The van der Waals surface area contributed by atoms with Crippen molar-refractivity contribution in [1.82, 2.24) is 19.9 Å². The van der Waals surface area contributed by atoms with Crippen molar-refractivity contribution in [2.75, 3.05) is 13.7 Å². The van der Waals surface area contributed by atoms with E-state index >= 15 is 0 Å². The van der Waals surface area contributed by atoms with Crippen LogP contribution in [-0.2, 0) is 12.6 Å². The van der Waals surface area contributed by atoms with E-state index in [4.69, 9.17) is 4.74 Å². The number of nitrogens with zero attached hydrogens (tertiary/aromatic N) is 3. The predicted molar refractivity (Wildman–Crippen MR) is 110 cm³/mol. The molecule has 2 aromatic carbocycles. The van der Waals surface area contributed by atoms with Gasteiger partial charge in [0.2, 0.25) is 4.96 Å². The minimum Gasteiger partial charge on any atom is -0.497 e. The zero-order valence-electron chi connectivity index (χ0n) is 16.3. The minimum absolute atomic E-state index is 0.0344. The lowest BCUT2D eigenvalue weighted by molar-refractivity contribution is -0.137. The van der Waals surface area contributed by atoms with E-state index in [-0.39, 0.29) is 12.1 Å². The molecule has 0 spiro atoms. The van der Waals surface area contributed by atoms with Gasteiger partial charge in [-0.1, -0.05) is 6.07 Å². The Bertz CT molecular complexity index is 1220. The number of nitrogens with one attached hydrogen (secondary N) is 1. The number of ether oxygens (including phenoxy) is 1. The number of rotatable bonds is 6. The van der Waals surface area contributed by atoms with Crippen LogP contribution in [0.3, 0.4) is 0 Å². The van der Waals surface area contributed by atoms with E-state index in [1.807, 2.05) is 29.6 Å². The highest BCUT2D eigenvalue weighted by atomic mass is 32.1. The van der Waals surface area contributed by atoms with Gasteiger partial charge < -0.3 is 10.1 Å². The Balaban J connectivity index is 1.42. The second-order valence-corrected chi connectivity index (χ2v) is 7.51. The van der Waals surface area contributed by atoms with Gasteiger partial charge in [-0.05, 0) is 42.5 Å². The van der Waals surface area contributed by atoms with Crippen LogP contribution in [0.2, 0.25) is 0 Å². The first-order valence-electron chi connectivity index (χ1n) is 9.28. The summed E-state index contributed by atoms with van der Waals surface area (Å²) in [5.74, 6) is 0.751. The van der Waals surface area contributed by atoms with Gasteiger partial charge in [0.25, 0.3) is 5.91 Å². The van der Waals surface area contributed by atoms with Gasteiger partial charge in [-0.15, -0.1) is 16.4 Å². The first kappa shape index (κ1) is 20.9. The lowest BCUT2D eigenvalue weighted by Crippen LogP contribution is -2.26. The first-order valence-corrected chi connectivity index (χ1v) is 10.2. The molecule has 6 nitrogen and oxygen atoms in total. The summed E-state index contributed by atoms with van der Waals surface area (Å²) in [7, 11) is 1.60. The molecule has 0 atom stereocenters. The largest absolute Gasteiger partial charge is 0.497 e. The highest BCUT2D eigenvalue weighted by Crippen LogP contribution is 2.29. The maximum absolute atomic E-state index is 12.8. The molecule has 1 N–H and O–H groups in total. The number of alkyl halides is 3. The highest BCUT2D eigenvalue weighted by Gasteiger charge is 2.30. The van der Waals surface area contributed by atoms with Crippen molar-refractivity contribution in [3.05, 3.63) is 70.7 Å². The lowest BCUT2D eigenvalue weighted by Gasteiger charge is -2.09. The van der Waals surface area contributed by atoms with Gasteiger partial charge in [-0.3, -0.25) is 4.79 Å². The maximum atomic E-state index is 12.8. The molecule has 0 fully saturated rings. The zero-order chi connectivity index (χ0) is 22.0. The number of carbonyl (C=O) groups is 1. The average molecular weight is 446 g/mol. The third-order valence-electron chi connectivity index (χ3n) is 4.62. The van der Waals surface area contributed by atoms with Crippen LogP contribution in [-0.4, -0.2) is 34.2 Å². The molecule has 10 heteroatoms. The van der Waals surface area contributed by atoms with Gasteiger partial charge >= 0.3 is 6.18 Å². The SMILES string of the molecule is COc1ccc(-c2nc3scc(CCNC(=O)c4cccc(C(F)(F)F)c4)n3n2)cc1. The Hall–Kier alpha value is -3.40. The molecule has 4 aromatic rings. The number of thiazole rings is 1. The van der Waals surface area contributed by atoms with Gasteiger partial charge in [-0.25, -0.2) is 4.52 Å². The van der Waals surface area contributed by atoms with Crippen molar-refractivity contribution in [3.63, 3.8) is 0 Å². The molecule has 0 aliphatic carbocycles. The Morgan fingerprint density at radius 1 is 1.19 bits per heavy atom. The van der Waals surface area contributed by atoms with Crippen LogP contribution in [0.4, 0.5) is 13.2 Å². The molecule has 0 bridgehead atoms. The fraction of sp³-hybridized carbons (Fsp3) is 0.190. The molecule has 0 saturated carbocycles. The monoisotopic (exact) mass is 446 g/mol. The number of carbonyl (C=O) groups excluding carboxylic acids is 1. The van der Waals surface area contributed by atoms with Crippen molar-refractivity contribution < 1.29 is 22.7 Å². The van der Waals surface area contributed by atoms with Crippen molar-refractivity contribution in [3.8, 4) is 17.1 Å². The molecular weight excluding hydrogens is 429 g/mol. The van der Waals surface area contributed by atoms with Gasteiger partial charge in [0, 0.05) is 29.5 Å². The van der Waals surface area contributed by atoms with Crippen LogP contribution >= 0.6 is 11.3 Å². The van der Waals surface area contributed by atoms with E-state index in [0.29, 0.717) is 17.2 Å². The quantitative estimate of drug-likeness (QED) is 0.475. The van der Waals surface area contributed by atoms with Gasteiger partial charge in [-0.2, -0.15) is 18.2 Å². The van der Waals surface area contributed by atoms with Crippen LogP contribution in [0.15, 0.2) is 53.9 Å². The molecule has 0 unspecified atom stereocenters. The number of hydrogen-bond donors (Lipinski definition) is 1. The van der Waals surface area contributed by atoms with Crippen molar-refractivity contribution in [2.45, 2.75) is 12.6 Å². The van der Waals surface area contributed by atoms with Crippen molar-refractivity contribution in [2.24, 2.45) is 0 Å². The third kappa shape index (κ3) is 4.53. The number of benzene rings is 2. The second kappa shape index (κ2) is 8.38. The molecule has 2 aromatic heterocycles. The Kier molecular flexibility index (Phi) is 5.64. The summed E-state index contributed by atoms with van der Waals surface area (Å²) < 4.78 is 45.3. The van der Waals surface area contributed by atoms with Crippen LogP contribution in [0.25, 0.3) is 16.3 Å². The summed E-state index contributed by atoms with van der Waals surface area (Å²) in [6.45, 7) is 0.249. The third-order valence-corrected chi connectivity index (χ3v) is 5.48. The van der Waals surface area contributed by atoms with E-state index in [2.05, 4.69) is 15.4 Å². The summed E-state index contributed by atoms with van der Waals surface area (Å²) in [5.41, 5.74) is 0.804. The Morgan fingerprint density at radius 3 is 2.68 bits per heavy atom. The normalized spacial score (nSPS) is 11.6. The summed E-state index contributed by atoms with van der Waals surface area (Å²) in [4.78, 5) is 17.5. The molecule has 0 aliphatic heterocycles. The average Bonchev–Trinajstić information content (AvgIpc) is 3.35. The minimum atomic E-state index is -4.49. The summed E-state index contributed by atoms with van der Waals surface area (Å²) in [5, 5.41) is 9.08. The lowest BCUT2D eigenvalue weighted by atomic mass is 10.1. The molecule has 1 amide bonds. The Morgan fingerprint density at radius 2 is 1.97 bits per heavy atom. The maximum Gasteiger partial charge on any atom is 0.416 e. The molecule has 4 rings (SSSR count). The fourth-order valence-corrected chi connectivity index (χ4v) is 3.86. The molecule has 2 heterocycles.